The zero-order chi connectivity index (χ0) is 13.1. The van der Waals surface area contributed by atoms with Crippen LogP contribution in [0.3, 0.4) is 0 Å². The Hall–Kier alpha value is -1.87. The van der Waals surface area contributed by atoms with Crippen LogP contribution in [-0.2, 0) is 0 Å². The van der Waals surface area contributed by atoms with Gasteiger partial charge < -0.3 is 4.90 Å². The van der Waals surface area contributed by atoms with Crippen molar-refractivity contribution in [3.63, 3.8) is 0 Å². The van der Waals surface area contributed by atoms with E-state index in [4.69, 9.17) is 11.6 Å². The van der Waals surface area contributed by atoms with Crippen LogP contribution in [0.25, 0.3) is 0 Å². The number of aryl methyl sites for hydroxylation is 1. The normalized spacial score (nSPS) is 10.2. The van der Waals surface area contributed by atoms with Crippen LogP contribution in [0.2, 0.25) is 5.15 Å². The number of aromatic nitrogens is 1. The molecule has 0 aliphatic rings. The number of anilines is 1. The Morgan fingerprint density at radius 3 is 2.67 bits per heavy atom. The van der Waals surface area contributed by atoms with Crippen LogP contribution in [-0.4, -0.2) is 17.9 Å². The number of hydrogen-bond donors (Lipinski definition) is 0. The second-order valence-electron chi connectivity index (χ2n) is 4.02. The van der Waals surface area contributed by atoms with Crippen molar-refractivity contribution >= 4 is 23.2 Å². The fraction of sp³-hybridized carbons (Fsp3) is 0.143. The summed E-state index contributed by atoms with van der Waals surface area (Å²) in [7, 11) is 1.75. The van der Waals surface area contributed by atoms with Gasteiger partial charge >= 0.3 is 0 Å². The molecule has 1 aromatic carbocycles. The van der Waals surface area contributed by atoms with Gasteiger partial charge in [-0.15, -0.1) is 0 Å². The van der Waals surface area contributed by atoms with Gasteiger partial charge in [-0.25, -0.2) is 4.98 Å². The quantitative estimate of drug-likeness (QED) is 0.776. The van der Waals surface area contributed by atoms with Crippen molar-refractivity contribution in [2.75, 3.05) is 11.9 Å². The molecule has 0 spiro atoms. The van der Waals surface area contributed by atoms with Crippen molar-refractivity contribution in [1.29, 1.82) is 0 Å². The third-order valence-electron chi connectivity index (χ3n) is 2.75. The molecule has 1 amide bonds. The highest BCUT2D eigenvalue weighted by molar-refractivity contribution is 6.29. The molecule has 0 saturated heterocycles. The molecule has 3 nitrogen and oxygen atoms in total. The monoisotopic (exact) mass is 260 g/mol. The summed E-state index contributed by atoms with van der Waals surface area (Å²) in [6.45, 7) is 1.97. The molecule has 0 N–H and O–H groups in total. The van der Waals surface area contributed by atoms with E-state index in [1.165, 1.54) is 6.20 Å². The van der Waals surface area contributed by atoms with Gasteiger partial charge in [0.25, 0.3) is 5.91 Å². The topological polar surface area (TPSA) is 33.2 Å². The van der Waals surface area contributed by atoms with Crippen molar-refractivity contribution in [1.82, 2.24) is 4.98 Å². The van der Waals surface area contributed by atoms with Crippen molar-refractivity contribution in [3.05, 3.63) is 58.9 Å². The molecule has 0 saturated carbocycles. The minimum atomic E-state index is -0.103. The lowest BCUT2D eigenvalue weighted by Gasteiger charge is -2.19. The number of rotatable bonds is 2. The van der Waals surface area contributed by atoms with Gasteiger partial charge in [0.15, 0.2) is 0 Å². The number of benzene rings is 1. The number of amides is 1. The summed E-state index contributed by atoms with van der Waals surface area (Å²) in [5.41, 5.74) is 2.46. The molecule has 2 aromatic rings. The van der Waals surface area contributed by atoms with E-state index in [2.05, 4.69) is 4.98 Å². The van der Waals surface area contributed by atoms with Crippen molar-refractivity contribution in [3.8, 4) is 0 Å². The van der Waals surface area contributed by atoms with Crippen LogP contribution in [0.1, 0.15) is 15.9 Å². The van der Waals surface area contributed by atoms with Crippen molar-refractivity contribution < 1.29 is 4.79 Å². The molecule has 18 heavy (non-hydrogen) atoms. The summed E-state index contributed by atoms with van der Waals surface area (Å²) in [6, 6.07) is 11.0. The average Bonchev–Trinajstić information content (AvgIpc) is 2.37. The smallest absolute Gasteiger partial charge is 0.258 e. The number of para-hydroxylation sites is 1. The third-order valence-corrected chi connectivity index (χ3v) is 2.96. The largest absolute Gasteiger partial charge is 0.311 e. The number of halogens is 1. The Labute approximate surface area is 111 Å². The van der Waals surface area contributed by atoms with Gasteiger partial charge in [-0.1, -0.05) is 29.8 Å². The Kier molecular flexibility index (Phi) is 3.63. The molecule has 1 heterocycles. The van der Waals surface area contributed by atoms with E-state index in [1.54, 1.807) is 24.1 Å². The molecule has 0 aliphatic heterocycles. The van der Waals surface area contributed by atoms with Crippen LogP contribution in [0.5, 0.6) is 0 Å². The summed E-state index contributed by atoms with van der Waals surface area (Å²) >= 11 is 5.79. The first-order valence-corrected chi connectivity index (χ1v) is 5.92. The highest BCUT2D eigenvalue weighted by Gasteiger charge is 2.15. The summed E-state index contributed by atoms with van der Waals surface area (Å²) < 4.78 is 0. The zero-order valence-corrected chi connectivity index (χ0v) is 11.0. The first kappa shape index (κ1) is 12.6. The summed E-state index contributed by atoms with van der Waals surface area (Å²) in [4.78, 5) is 17.8. The van der Waals surface area contributed by atoms with E-state index in [0.29, 0.717) is 10.7 Å². The van der Waals surface area contributed by atoms with Crippen LogP contribution in [0.15, 0.2) is 42.6 Å². The van der Waals surface area contributed by atoms with Gasteiger partial charge in [0.2, 0.25) is 0 Å². The molecule has 0 fully saturated rings. The highest BCUT2D eigenvalue weighted by atomic mass is 35.5. The number of carbonyl (C=O) groups excluding carboxylic acids is 1. The van der Waals surface area contributed by atoms with E-state index in [-0.39, 0.29) is 5.91 Å². The SMILES string of the molecule is Cc1ccccc1N(C)C(=O)c1ccnc(Cl)c1. The lowest BCUT2D eigenvalue weighted by atomic mass is 10.1. The number of carbonyl (C=O) groups is 1. The first-order valence-electron chi connectivity index (χ1n) is 5.55. The second kappa shape index (κ2) is 5.19. The maximum absolute atomic E-state index is 12.3. The minimum absolute atomic E-state index is 0.103. The maximum Gasteiger partial charge on any atom is 0.258 e. The molecular weight excluding hydrogens is 248 g/mol. The van der Waals surface area contributed by atoms with Gasteiger partial charge in [0, 0.05) is 24.5 Å². The molecule has 0 atom stereocenters. The minimum Gasteiger partial charge on any atom is -0.311 e. The van der Waals surface area contributed by atoms with Crippen LogP contribution >= 0.6 is 11.6 Å². The number of pyridine rings is 1. The predicted molar refractivity (Wildman–Crippen MR) is 73.2 cm³/mol. The number of nitrogens with zero attached hydrogens (tertiary/aromatic N) is 2. The Morgan fingerprint density at radius 1 is 1.28 bits per heavy atom. The van der Waals surface area contributed by atoms with E-state index in [9.17, 15) is 4.79 Å². The zero-order valence-electron chi connectivity index (χ0n) is 10.2. The summed E-state index contributed by atoms with van der Waals surface area (Å²) in [5.74, 6) is -0.103. The lowest BCUT2D eigenvalue weighted by Crippen LogP contribution is -2.26. The molecule has 0 aliphatic carbocycles. The Balaban J connectivity index is 2.32. The predicted octanol–water partition coefficient (Wildman–Crippen LogP) is 3.32. The van der Waals surface area contributed by atoms with Crippen LogP contribution in [0.4, 0.5) is 5.69 Å². The average molecular weight is 261 g/mol. The summed E-state index contributed by atoms with van der Waals surface area (Å²) in [6.07, 6.45) is 1.53. The van der Waals surface area contributed by atoms with Crippen LogP contribution < -0.4 is 4.90 Å². The molecule has 0 bridgehead atoms. The standard InChI is InChI=1S/C14H13ClN2O/c1-10-5-3-4-6-12(10)17(2)14(18)11-7-8-16-13(15)9-11/h3-9H,1-2H3. The first-order chi connectivity index (χ1) is 8.59. The highest BCUT2D eigenvalue weighted by Crippen LogP contribution is 2.20. The molecule has 0 radical (unpaired) electrons. The maximum atomic E-state index is 12.3. The molecular formula is C14H13ClN2O. The third kappa shape index (κ3) is 2.51. The van der Waals surface area contributed by atoms with E-state index >= 15 is 0 Å². The van der Waals surface area contributed by atoms with Gasteiger partial charge in [0.1, 0.15) is 5.15 Å². The molecule has 4 heteroatoms. The van der Waals surface area contributed by atoms with E-state index in [1.807, 2.05) is 31.2 Å². The van der Waals surface area contributed by atoms with Gasteiger partial charge in [0.05, 0.1) is 0 Å². The van der Waals surface area contributed by atoms with Gasteiger partial charge in [-0.05, 0) is 30.7 Å². The molecule has 2 rings (SSSR count). The Bertz CT molecular complexity index is 584. The molecule has 1 aromatic heterocycles. The summed E-state index contributed by atoms with van der Waals surface area (Å²) in [5, 5.41) is 0.319. The number of hydrogen-bond acceptors (Lipinski definition) is 2. The van der Waals surface area contributed by atoms with Crippen molar-refractivity contribution in [2.24, 2.45) is 0 Å². The van der Waals surface area contributed by atoms with E-state index < -0.39 is 0 Å². The second-order valence-corrected chi connectivity index (χ2v) is 4.41. The Morgan fingerprint density at radius 2 is 2.00 bits per heavy atom. The fourth-order valence-corrected chi connectivity index (χ4v) is 1.95. The lowest BCUT2D eigenvalue weighted by molar-refractivity contribution is 0.0992. The molecule has 92 valence electrons. The van der Waals surface area contributed by atoms with Crippen LogP contribution in [0, 0.1) is 6.92 Å². The fourth-order valence-electron chi connectivity index (χ4n) is 1.78. The van der Waals surface area contributed by atoms with Crippen molar-refractivity contribution in [2.45, 2.75) is 6.92 Å². The van der Waals surface area contributed by atoms with E-state index in [0.717, 1.165) is 11.3 Å². The molecule has 0 unspecified atom stereocenters. The van der Waals surface area contributed by atoms with Gasteiger partial charge in [-0.2, -0.15) is 0 Å². The van der Waals surface area contributed by atoms with Gasteiger partial charge in [-0.3, -0.25) is 4.79 Å².